The van der Waals surface area contributed by atoms with Crippen molar-refractivity contribution < 1.29 is 24.2 Å². The molecule has 2 N–H and O–H groups in total. The van der Waals surface area contributed by atoms with E-state index in [2.05, 4.69) is 5.32 Å². The number of esters is 1. The van der Waals surface area contributed by atoms with Gasteiger partial charge in [0.2, 0.25) is 5.91 Å². The quantitative estimate of drug-likeness (QED) is 0.421. The zero-order valence-electron chi connectivity index (χ0n) is 19.3. The number of aliphatic hydroxyl groups is 1. The van der Waals surface area contributed by atoms with Gasteiger partial charge in [0.25, 0.3) is 0 Å². The van der Waals surface area contributed by atoms with Crippen LogP contribution in [0.25, 0.3) is 0 Å². The van der Waals surface area contributed by atoms with Crippen LogP contribution in [0.2, 0.25) is 0 Å². The maximum Gasteiger partial charge on any atom is 0.336 e. The Morgan fingerprint density at radius 1 is 1.09 bits per heavy atom. The van der Waals surface area contributed by atoms with Gasteiger partial charge in [0, 0.05) is 25.1 Å². The number of carbonyl (C=O) groups is 3. The number of thioether (sulfide) groups is 1. The molecule has 1 amide bonds. The number of aliphatic hydroxyl groups excluding tert-OH is 1. The first-order valence-electron chi connectivity index (χ1n) is 11.5. The van der Waals surface area contributed by atoms with Gasteiger partial charge in [0.05, 0.1) is 17.6 Å². The molecule has 4 rings (SSSR count). The summed E-state index contributed by atoms with van der Waals surface area (Å²) in [5, 5.41) is 12.9. The number of Topliss-reactive ketones (excluding diaryl/α,β-unsaturated/α-hetero) is 1. The molecule has 0 aromatic heterocycles. The SMILES string of the molecule is CC(=O)NCCSC1=C(C(=O)OC(c2ccccc2)c2ccccc2)C2C(=O)C(C(C)O)C2C1. The van der Waals surface area contributed by atoms with Crippen molar-refractivity contribution in [2.24, 2.45) is 17.8 Å². The van der Waals surface area contributed by atoms with Gasteiger partial charge >= 0.3 is 5.97 Å². The van der Waals surface area contributed by atoms with Crippen LogP contribution in [0, 0.1) is 17.8 Å². The van der Waals surface area contributed by atoms with E-state index in [0.717, 1.165) is 16.0 Å². The first kappa shape index (κ1) is 24.2. The van der Waals surface area contributed by atoms with Gasteiger partial charge in [0.15, 0.2) is 6.10 Å². The predicted octanol–water partition coefficient (Wildman–Crippen LogP) is 3.66. The van der Waals surface area contributed by atoms with Crippen molar-refractivity contribution in [1.29, 1.82) is 0 Å². The lowest BCUT2D eigenvalue weighted by molar-refractivity contribution is -0.152. The van der Waals surface area contributed by atoms with Gasteiger partial charge in [-0.2, -0.15) is 0 Å². The van der Waals surface area contributed by atoms with Crippen LogP contribution >= 0.6 is 11.8 Å². The molecular weight excluding hydrogens is 450 g/mol. The fourth-order valence-electron chi connectivity index (χ4n) is 4.95. The highest BCUT2D eigenvalue weighted by Crippen LogP contribution is 2.55. The summed E-state index contributed by atoms with van der Waals surface area (Å²) in [5.74, 6) is -1.21. The average Bonchev–Trinajstić information content (AvgIpc) is 3.15. The van der Waals surface area contributed by atoms with Gasteiger partial charge in [-0.15, -0.1) is 11.8 Å². The van der Waals surface area contributed by atoms with Crippen LogP contribution in [0.5, 0.6) is 0 Å². The molecule has 2 aliphatic rings. The molecule has 6 nitrogen and oxygen atoms in total. The number of hydrogen-bond acceptors (Lipinski definition) is 6. The molecule has 4 atom stereocenters. The van der Waals surface area contributed by atoms with E-state index < -0.39 is 30.0 Å². The van der Waals surface area contributed by atoms with Crippen molar-refractivity contribution in [1.82, 2.24) is 5.32 Å². The summed E-state index contributed by atoms with van der Waals surface area (Å²) in [4.78, 5) is 38.5. The number of allylic oxidation sites excluding steroid dienone is 1. The van der Waals surface area contributed by atoms with Crippen LogP contribution in [-0.2, 0) is 19.1 Å². The molecule has 0 spiro atoms. The third-order valence-electron chi connectivity index (χ3n) is 6.48. The van der Waals surface area contributed by atoms with Crippen molar-refractivity contribution in [3.8, 4) is 0 Å². The van der Waals surface area contributed by atoms with Gasteiger partial charge in [-0.25, -0.2) is 4.79 Å². The Morgan fingerprint density at radius 2 is 1.68 bits per heavy atom. The lowest BCUT2D eigenvalue weighted by Gasteiger charge is -2.41. The van der Waals surface area contributed by atoms with Crippen LogP contribution in [0.1, 0.15) is 37.5 Å². The van der Waals surface area contributed by atoms with Crippen LogP contribution < -0.4 is 5.32 Å². The second kappa shape index (κ2) is 10.6. The summed E-state index contributed by atoms with van der Waals surface area (Å²) in [6.45, 7) is 3.55. The zero-order chi connectivity index (χ0) is 24.2. The molecule has 2 aromatic rings. The Hall–Kier alpha value is -2.90. The molecule has 1 saturated carbocycles. The molecular formula is C27H29NO5S. The summed E-state index contributed by atoms with van der Waals surface area (Å²) in [5.41, 5.74) is 2.11. The molecule has 2 aromatic carbocycles. The van der Waals surface area contributed by atoms with Gasteiger partial charge in [-0.1, -0.05) is 60.7 Å². The third kappa shape index (κ3) is 4.95. The number of benzene rings is 2. The molecule has 0 saturated heterocycles. The third-order valence-corrected chi connectivity index (χ3v) is 7.62. The lowest BCUT2D eigenvalue weighted by atomic mass is 9.61. The summed E-state index contributed by atoms with van der Waals surface area (Å²) in [6, 6.07) is 19.1. The highest BCUT2D eigenvalue weighted by molar-refractivity contribution is 8.03. The molecule has 1 fully saturated rings. The van der Waals surface area contributed by atoms with Gasteiger partial charge in [0.1, 0.15) is 5.78 Å². The summed E-state index contributed by atoms with van der Waals surface area (Å²) >= 11 is 1.47. The molecule has 0 aliphatic heterocycles. The molecule has 0 radical (unpaired) electrons. The largest absolute Gasteiger partial charge is 0.449 e. The van der Waals surface area contributed by atoms with E-state index in [1.54, 1.807) is 6.92 Å². The predicted molar refractivity (Wildman–Crippen MR) is 131 cm³/mol. The lowest BCUT2D eigenvalue weighted by Crippen LogP contribution is -2.51. The molecule has 0 bridgehead atoms. The minimum absolute atomic E-state index is 0.0924. The van der Waals surface area contributed by atoms with Crippen molar-refractivity contribution in [2.75, 3.05) is 12.3 Å². The van der Waals surface area contributed by atoms with Crippen LogP contribution in [0.3, 0.4) is 0 Å². The topological polar surface area (TPSA) is 92.7 Å². The van der Waals surface area contributed by atoms with Crippen LogP contribution in [0.4, 0.5) is 0 Å². The fourth-order valence-corrected chi connectivity index (χ4v) is 6.07. The smallest absolute Gasteiger partial charge is 0.336 e. The molecule has 2 aliphatic carbocycles. The van der Waals surface area contributed by atoms with Crippen LogP contribution in [-0.4, -0.2) is 41.2 Å². The van der Waals surface area contributed by atoms with E-state index in [0.29, 0.717) is 24.3 Å². The second-order valence-electron chi connectivity index (χ2n) is 8.79. The highest BCUT2D eigenvalue weighted by atomic mass is 32.2. The monoisotopic (exact) mass is 479 g/mol. The van der Waals surface area contributed by atoms with Crippen LogP contribution in [0.15, 0.2) is 71.1 Å². The molecule has 0 heterocycles. The normalized spacial score (nSPS) is 22.2. The van der Waals surface area contributed by atoms with E-state index in [1.165, 1.54) is 18.7 Å². The van der Waals surface area contributed by atoms with Crippen molar-refractivity contribution in [3.63, 3.8) is 0 Å². The number of hydrogen-bond donors (Lipinski definition) is 2. The van der Waals surface area contributed by atoms with E-state index in [1.807, 2.05) is 60.7 Å². The Balaban J connectivity index is 1.61. The number of ketones is 1. The number of amides is 1. The van der Waals surface area contributed by atoms with Crippen molar-refractivity contribution in [3.05, 3.63) is 82.3 Å². The van der Waals surface area contributed by atoms with Crippen molar-refractivity contribution >= 4 is 29.4 Å². The minimum Gasteiger partial charge on any atom is -0.449 e. The summed E-state index contributed by atoms with van der Waals surface area (Å²) in [6.07, 6.45) is -0.798. The van der Waals surface area contributed by atoms with E-state index in [9.17, 15) is 19.5 Å². The Morgan fingerprint density at radius 3 is 2.21 bits per heavy atom. The Labute approximate surface area is 203 Å². The maximum absolute atomic E-state index is 13.6. The zero-order valence-corrected chi connectivity index (χ0v) is 20.1. The summed E-state index contributed by atoms with van der Waals surface area (Å²) in [7, 11) is 0. The molecule has 34 heavy (non-hydrogen) atoms. The molecule has 178 valence electrons. The summed E-state index contributed by atoms with van der Waals surface area (Å²) < 4.78 is 6.08. The van der Waals surface area contributed by atoms with Gasteiger partial charge < -0.3 is 15.2 Å². The number of fused-ring (bicyclic) bond motifs is 1. The second-order valence-corrected chi connectivity index (χ2v) is 9.98. The van der Waals surface area contributed by atoms with E-state index in [-0.39, 0.29) is 17.6 Å². The average molecular weight is 480 g/mol. The Kier molecular flexibility index (Phi) is 7.54. The standard InChI is InChI=1S/C27H29NO5S/c1-16(29)22-20-15-21(34-14-13-28-17(2)30)24(23(20)25(22)31)27(32)33-26(18-9-5-3-6-10-18)19-11-7-4-8-12-19/h3-12,16,20,22-23,26,29H,13-15H2,1-2H3,(H,28,30). The maximum atomic E-state index is 13.6. The van der Waals surface area contributed by atoms with E-state index >= 15 is 0 Å². The molecule has 4 unspecified atom stereocenters. The Bertz CT molecular complexity index is 1040. The number of nitrogens with one attached hydrogen (secondary N) is 1. The van der Waals surface area contributed by atoms with Gasteiger partial charge in [-0.3, -0.25) is 9.59 Å². The van der Waals surface area contributed by atoms with Crippen molar-refractivity contribution in [2.45, 2.75) is 32.5 Å². The number of carbonyl (C=O) groups excluding carboxylic acids is 3. The fraction of sp³-hybridized carbons (Fsp3) is 0.370. The van der Waals surface area contributed by atoms with E-state index in [4.69, 9.17) is 4.74 Å². The molecule has 7 heteroatoms. The number of rotatable bonds is 9. The number of ether oxygens (including phenoxy) is 1. The first-order chi connectivity index (χ1) is 16.4. The van der Waals surface area contributed by atoms with Gasteiger partial charge in [-0.05, 0) is 35.3 Å². The highest BCUT2D eigenvalue weighted by Gasteiger charge is 2.59. The minimum atomic E-state index is -0.754. The first-order valence-corrected chi connectivity index (χ1v) is 12.5.